The third kappa shape index (κ3) is 2.77. The minimum Gasteiger partial charge on any atom is -0.309 e. The summed E-state index contributed by atoms with van der Waals surface area (Å²) in [5.74, 6) is 0. The van der Waals surface area contributed by atoms with E-state index in [0.717, 1.165) is 15.1 Å². The van der Waals surface area contributed by atoms with Crippen LogP contribution in [0.4, 0.5) is 0 Å². The zero-order chi connectivity index (χ0) is 13.1. The molecule has 0 amide bonds. The van der Waals surface area contributed by atoms with E-state index < -0.39 is 0 Å². The molecule has 0 fully saturated rings. The van der Waals surface area contributed by atoms with E-state index in [9.17, 15) is 0 Å². The summed E-state index contributed by atoms with van der Waals surface area (Å²) in [5, 5.41) is 4.13. The highest BCUT2D eigenvalue weighted by molar-refractivity contribution is 9.10. The Labute approximate surface area is 121 Å². The van der Waals surface area contributed by atoms with Crippen molar-refractivity contribution in [3.8, 4) is 0 Å². The van der Waals surface area contributed by atoms with E-state index in [4.69, 9.17) is 11.6 Å². The molecule has 1 atom stereocenters. The summed E-state index contributed by atoms with van der Waals surface area (Å²) in [6, 6.07) is 14.4. The molecule has 0 spiro atoms. The molecule has 3 heteroatoms. The lowest BCUT2D eigenvalue weighted by Crippen LogP contribution is -2.19. The van der Waals surface area contributed by atoms with Crippen molar-refractivity contribution >= 4 is 27.5 Å². The molecule has 1 unspecified atom stereocenters. The second-order valence-electron chi connectivity index (χ2n) is 4.24. The van der Waals surface area contributed by atoms with E-state index in [0.29, 0.717) is 0 Å². The maximum atomic E-state index is 6.28. The van der Waals surface area contributed by atoms with Crippen LogP contribution < -0.4 is 5.32 Å². The van der Waals surface area contributed by atoms with E-state index in [1.807, 2.05) is 25.2 Å². The standard InChI is InChI=1S/C15H15BrClN/c1-10-9-11(16)7-8-12(10)15(18-2)13-5-3-4-6-14(13)17/h3-9,15,18H,1-2H3. The third-order valence-corrected chi connectivity index (χ3v) is 3.89. The van der Waals surface area contributed by atoms with Gasteiger partial charge in [-0.2, -0.15) is 0 Å². The van der Waals surface area contributed by atoms with Crippen molar-refractivity contribution < 1.29 is 0 Å². The van der Waals surface area contributed by atoms with Gasteiger partial charge in [-0.05, 0) is 48.9 Å². The Morgan fingerprint density at radius 2 is 1.83 bits per heavy atom. The number of rotatable bonds is 3. The monoisotopic (exact) mass is 323 g/mol. The van der Waals surface area contributed by atoms with Crippen LogP contribution >= 0.6 is 27.5 Å². The van der Waals surface area contributed by atoms with E-state index in [1.54, 1.807) is 0 Å². The molecule has 1 N–H and O–H groups in total. The van der Waals surface area contributed by atoms with Gasteiger partial charge in [0.1, 0.15) is 0 Å². The fourth-order valence-corrected chi connectivity index (χ4v) is 2.87. The lowest BCUT2D eigenvalue weighted by atomic mass is 9.95. The van der Waals surface area contributed by atoms with Crippen molar-refractivity contribution in [3.63, 3.8) is 0 Å². The van der Waals surface area contributed by atoms with Crippen LogP contribution in [-0.4, -0.2) is 7.05 Å². The normalized spacial score (nSPS) is 12.4. The summed E-state index contributed by atoms with van der Waals surface area (Å²) < 4.78 is 1.10. The molecular weight excluding hydrogens is 310 g/mol. The Morgan fingerprint density at radius 1 is 1.11 bits per heavy atom. The zero-order valence-corrected chi connectivity index (χ0v) is 12.7. The molecule has 0 aliphatic heterocycles. The van der Waals surface area contributed by atoms with E-state index in [2.05, 4.69) is 52.4 Å². The van der Waals surface area contributed by atoms with Gasteiger partial charge in [0.15, 0.2) is 0 Å². The summed E-state index contributed by atoms with van der Waals surface area (Å²) in [6.45, 7) is 2.11. The highest BCUT2D eigenvalue weighted by atomic mass is 79.9. The van der Waals surface area contributed by atoms with Gasteiger partial charge in [-0.15, -0.1) is 0 Å². The lowest BCUT2D eigenvalue weighted by molar-refractivity contribution is 0.687. The fraction of sp³-hybridized carbons (Fsp3) is 0.200. The highest BCUT2D eigenvalue weighted by Gasteiger charge is 2.16. The van der Waals surface area contributed by atoms with Crippen LogP contribution in [0.5, 0.6) is 0 Å². The molecule has 0 aliphatic carbocycles. The van der Waals surface area contributed by atoms with Crippen LogP contribution in [0.2, 0.25) is 5.02 Å². The molecule has 0 aliphatic rings. The summed E-state index contributed by atoms with van der Waals surface area (Å²) in [4.78, 5) is 0. The van der Waals surface area contributed by atoms with Gasteiger partial charge in [-0.25, -0.2) is 0 Å². The van der Waals surface area contributed by atoms with Crippen molar-refractivity contribution in [2.45, 2.75) is 13.0 Å². The Bertz CT molecular complexity index is 554. The van der Waals surface area contributed by atoms with Crippen LogP contribution in [-0.2, 0) is 0 Å². The maximum absolute atomic E-state index is 6.28. The number of aryl methyl sites for hydroxylation is 1. The van der Waals surface area contributed by atoms with Crippen molar-refractivity contribution in [1.82, 2.24) is 5.32 Å². The van der Waals surface area contributed by atoms with Gasteiger partial charge in [0, 0.05) is 9.50 Å². The quantitative estimate of drug-likeness (QED) is 0.861. The van der Waals surface area contributed by atoms with E-state index in [1.165, 1.54) is 11.1 Å². The average Bonchev–Trinajstić information content (AvgIpc) is 2.34. The van der Waals surface area contributed by atoms with Crippen LogP contribution in [0.15, 0.2) is 46.9 Å². The first kappa shape index (κ1) is 13.6. The first-order valence-electron chi connectivity index (χ1n) is 5.81. The Morgan fingerprint density at radius 3 is 2.44 bits per heavy atom. The van der Waals surface area contributed by atoms with Gasteiger partial charge >= 0.3 is 0 Å². The van der Waals surface area contributed by atoms with E-state index in [-0.39, 0.29) is 6.04 Å². The molecule has 0 aromatic heterocycles. The largest absolute Gasteiger partial charge is 0.309 e. The van der Waals surface area contributed by atoms with Gasteiger partial charge in [0.25, 0.3) is 0 Å². The molecule has 0 radical (unpaired) electrons. The number of halogens is 2. The topological polar surface area (TPSA) is 12.0 Å². The number of hydrogen-bond donors (Lipinski definition) is 1. The summed E-state index contributed by atoms with van der Waals surface area (Å²) >= 11 is 9.77. The number of hydrogen-bond acceptors (Lipinski definition) is 1. The van der Waals surface area contributed by atoms with Crippen LogP contribution in [0, 0.1) is 6.92 Å². The molecular formula is C15H15BrClN. The second kappa shape index (κ2) is 5.87. The van der Waals surface area contributed by atoms with Gasteiger partial charge in [0.2, 0.25) is 0 Å². The minimum absolute atomic E-state index is 0.117. The molecule has 2 aromatic rings. The van der Waals surface area contributed by atoms with Crippen molar-refractivity contribution in [3.05, 3.63) is 68.7 Å². The lowest BCUT2D eigenvalue weighted by Gasteiger charge is -2.20. The van der Waals surface area contributed by atoms with Gasteiger partial charge in [-0.1, -0.05) is 51.8 Å². The molecule has 0 heterocycles. The fourth-order valence-electron chi connectivity index (χ4n) is 2.15. The third-order valence-electron chi connectivity index (χ3n) is 3.05. The van der Waals surface area contributed by atoms with Gasteiger partial charge in [0.05, 0.1) is 6.04 Å². The van der Waals surface area contributed by atoms with Gasteiger partial charge < -0.3 is 5.32 Å². The minimum atomic E-state index is 0.117. The predicted molar refractivity (Wildman–Crippen MR) is 81.2 cm³/mol. The summed E-state index contributed by atoms with van der Waals surface area (Å²) in [6.07, 6.45) is 0. The highest BCUT2D eigenvalue weighted by Crippen LogP contribution is 2.30. The molecule has 0 saturated heterocycles. The average molecular weight is 325 g/mol. The zero-order valence-electron chi connectivity index (χ0n) is 10.4. The molecule has 0 bridgehead atoms. The Balaban J connectivity index is 2.49. The van der Waals surface area contributed by atoms with Crippen molar-refractivity contribution in [1.29, 1.82) is 0 Å². The first-order valence-corrected chi connectivity index (χ1v) is 6.98. The van der Waals surface area contributed by atoms with Crippen LogP contribution in [0.1, 0.15) is 22.7 Å². The van der Waals surface area contributed by atoms with Crippen LogP contribution in [0.3, 0.4) is 0 Å². The van der Waals surface area contributed by atoms with Crippen molar-refractivity contribution in [2.24, 2.45) is 0 Å². The molecule has 2 aromatic carbocycles. The Kier molecular flexibility index (Phi) is 4.44. The number of nitrogens with one attached hydrogen (secondary N) is 1. The van der Waals surface area contributed by atoms with E-state index >= 15 is 0 Å². The number of benzene rings is 2. The van der Waals surface area contributed by atoms with Crippen LogP contribution in [0.25, 0.3) is 0 Å². The van der Waals surface area contributed by atoms with Crippen molar-refractivity contribution in [2.75, 3.05) is 7.05 Å². The molecule has 94 valence electrons. The molecule has 0 saturated carbocycles. The molecule has 18 heavy (non-hydrogen) atoms. The first-order chi connectivity index (χ1) is 8.63. The van der Waals surface area contributed by atoms with Gasteiger partial charge in [-0.3, -0.25) is 0 Å². The molecule has 1 nitrogen and oxygen atoms in total. The maximum Gasteiger partial charge on any atom is 0.0591 e. The summed E-state index contributed by atoms with van der Waals surface area (Å²) in [5.41, 5.74) is 3.59. The SMILES string of the molecule is CNC(c1ccc(Br)cc1C)c1ccccc1Cl. The predicted octanol–water partition coefficient (Wildman–Crippen LogP) is 4.72. The summed E-state index contributed by atoms with van der Waals surface area (Å²) in [7, 11) is 1.95. The smallest absolute Gasteiger partial charge is 0.0591 e. The Hall–Kier alpha value is -0.830. The molecule has 2 rings (SSSR count). The second-order valence-corrected chi connectivity index (χ2v) is 5.57.